The Kier molecular flexibility index (Phi) is 2.74. The van der Waals surface area contributed by atoms with E-state index in [-0.39, 0.29) is 0 Å². The number of hydrogen-bond acceptors (Lipinski definition) is 3. The first-order valence-electron chi connectivity index (χ1n) is 4.84. The van der Waals surface area contributed by atoms with Crippen molar-refractivity contribution in [1.29, 1.82) is 0 Å². The molecule has 0 aliphatic heterocycles. The van der Waals surface area contributed by atoms with E-state index in [9.17, 15) is 9.90 Å². The zero-order valence-corrected chi connectivity index (χ0v) is 9.44. The van der Waals surface area contributed by atoms with Gasteiger partial charge in [0.25, 0.3) is 0 Å². The van der Waals surface area contributed by atoms with Crippen LogP contribution in [0, 0.1) is 0 Å². The molecular formula is C12H11ClO3. The molecular weight excluding hydrogens is 228 g/mol. The van der Waals surface area contributed by atoms with Gasteiger partial charge in [0.05, 0.1) is 7.11 Å². The number of benzene rings is 1. The van der Waals surface area contributed by atoms with Crippen molar-refractivity contribution in [2.24, 2.45) is 0 Å². The molecule has 16 heavy (non-hydrogen) atoms. The van der Waals surface area contributed by atoms with Crippen molar-refractivity contribution in [2.45, 2.75) is 11.0 Å². The molecule has 1 aromatic carbocycles. The van der Waals surface area contributed by atoms with Gasteiger partial charge in [0.1, 0.15) is 6.10 Å². The van der Waals surface area contributed by atoms with Crippen molar-refractivity contribution in [1.82, 2.24) is 0 Å². The molecule has 0 fully saturated rings. The number of carbonyl (C=O) groups is 1. The van der Waals surface area contributed by atoms with Crippen molar-refractivity contribution >= 4 is 23.6 Å². The maximum atomic E-state index is 11.7. The highest BCUT2D eigenvalue weighted by molar-refractivity contribution is 6.35. The Balaban J connectivity index is 2.61. The summed E-state index contributed by atoms with van der Waals surface area (Å²) in [5.41, 5.74) is 1.38. The lowest BCUT2D eigenvalue weighted by atomic mass is 9.84. The molecule has 0 amide bonds. The monoisotopic (exact) mass is 238 g/mol. The summed E-state index contributed by atoms with van der Waals surface area (Å²) in [6.07, 6.45) is 2.15. The van der Waals surface area contributed by atoms with Crippen LogP contribution in [0.4, 0.5) is 0 Å². The number of alkyl halides is 1. The molecule has 3 nitrogen and oxygen atoms in total. The number of rotatable bonds is 1. The van der Waals surface area contributed by atoms with Crippen LogP contribution in [-0.2, 0) is 14.4 Å². The predicted octanol–water partition coefficient (Wildman–Crippen LogP) is 1.68. The molecule has 0 unspecified atom stereocenters. The van der Waals surface area contributed by atoms with Crippen molar-refractivity contribution < 1.29 is 14.6 Å². The predicted molar refractivity (Wildman–Crippen MR) is 61.0 cm³/mol. The van der Waals surface area contributed by atoms with Gasteiger partial charge in [-0.3, -0.25) is 0 Å². The van der Waals surface area contributed by atoms with Crippen molar-refractivity contribution in [3.63, 3.8) is 0 Å². The molecule has 2 atom stereocenters. The van der Waals surface area contributed by atoms with Gasteiger partial charge in [-0.25, -0.2) is 4.79 Å². The fourth-order valence-corrected chi connectivity index (χ4v) is 2.16. The fourth-order valence-electron chi connectivity index (χ4n) is 1.84. The zero-order chi connectivity index (χ0) is 11.8. The largest absolute Gasteiger partial charge is 0.467 e. The van der Waals surface area contributed by atoms with Gasteiger partial charge in [0, 0.05) is 0 Å². The smallest absolute Gasteiger partial charge is 0.334 e. The van der Waals surface area contributed by atoms with Gasteiger partial charge in [0.15, 0.2) is 4.87 Å². The summed E-state index contributed by atoms with van der Waals surface area (Å²) in [6, 6.07) is 7.16. The molecule has 0 saturated heterocycles. The number of fused-ring (bicyclic) bond motifs is 1. The van der Waals surface area contributed by atoms with E-state index in [2.05, 4.69) is 4.74 Å². The molecule has 0 aromatic heterocycles. The minimum Gasteiger partial charge on any atom is -0.467 e. The lowest BCUT2D eigenvalue weighted by molar-refractivity contribution is -0.146. The molecule has 1 aliphatic carbocycles. The Morgan fingerprint density at radius 2 is 2.19 bits per heavy atom. The molecule has 1 N–H and O–H groups in total. The van der Waals surface area contributed by atoms with Gasteiger partial charge in [-0.05, 0) is 11.1 Å². The summed E-state index contributed by atoms with van der Waals surface area (Å²) >= 11 is 6.23. The number of halogens is 1. The molecule has 2 rings (SSSR count). The standard InChI is InChI=1S/C12H11ClO3/c1-16-11(15)12(13)9-5-3-2-4-8(9)6-7-10(12)14/h2-7,10,14H,1H3/t10-,12-/m1/s1. The number of carbonyl (C=O) groups excluding carboxylic acids is 1. The minimum atomic E-state index is -1.54. The molecule has 0 spiro atoms. The minimum absolute atomic E-state index is 0.568. The first-order valence-corrected chi connectivity index (χ1v) is 5.21. The number of esters is 1. The van der Waals surface area contributed by atoms with Crippen LogP contribution >= 0.6 is 11.6 Å². The lowest BCUT2D eigenvalue weighted by Crippen LogP contribution is -2.43. The van der Waals surface area contributed by atoms with E-state index in [1.165, 1.54) is 13.2 Å². The first kappa shape index (κ1) is 11.2. The van der Waals surface area contributed by atoms with E-state index >= 15 is 0 Å². The number of aliphatic hydroxyl groups excluding tert-OH is 1. The zero-order valence-electron chi connectivity index (χ0n) is 8.68. The Bertz CT molecular complexity index is 455. The van der Waals surface area contributed by atoms with Gasteiger partial charge < -0.3 is 9.84 Å². The Hall–Kier alpha value is -1.32. The van der Waals surface area contributed by atoms with Crippen LogP contribution in [0.3, 0.4) is 0 Å². The molecule has 0 saturated carbocycles. The highest BCUT2D eigenvalue weighted by atomic mass is 35.5. The molecule has 0 bridgehead atoms. The Morgan fingerprint density at radius 3 is 2.88 bits per heavy atom. The van der Waals surface area contributed by atoms with E-state index in [0.29, 0.717) is 5.56 Å². The Morgan fingerprint density at radius 1 is 1.50 bits per heavy atom. The molecule has 0 heterocycles. The van der Waals surface area contributed by atoms with Gasteiger partial charge >= 0.3 is 5.97 Å². The normalized spacial score (nSPS) is 27.3. The summed E-state index contributed by atoms with van der Waals surface area (Å²) in [5.74, 6) is -0.654. The average Bonchev–Trinajstić information content (AvgIpc) is 2.33. The maximum Gasteiger partial charge on any atom is 0.334 e. The summed E-state index contributed by atoms with van der Waals surface area (Å²) in [7, 11) is 1.25. The third-order valence-corrected chi connectivity index (χ3v) is 3.28. The summed E-state index contributed by atoms with van der Waals surface area (Å²) in [6.45, 7) is 0. The Labute approximate surface area is 98.3 Å². The molecule has 1 aliphatic rings. The number of methoxy groups -OCH3 is 1. The van der Waals surface area contributed by atoms with Crippen molar-refractivity contribution in [2.75, 3.05) is 7.11 Å². The van der Waals surface area contributed by atoms with Crippen LogP contribution in [0.1, 0.15) is 11.1 Å². The van der Waals surface area contributed by atoms with Gasteiger partial charge in [-0.2, -0.15) is 0 Å². The van der Waals surface area contributed by atoms with E-state index in [4.69, 9.17) is 11.6 Å². The number of hydrogen-bond donors (Lipinski definition) is 1. The fraction of sp³-hybridized carbons (Fsp3) is 0.250. The number of aliphatic hydroxyl groups is 1. The van der Waals surface area contributed by atoms with Crippen LogP contribution < -0.4 is 0 Å². The molecule has 4 heteroatoms. The second kappa shape index (κ2) is 3.92. The second-order valence-electron chi connectivity index (χ2n) is 3.59. The second-order valence-corrected chi connectivity index (χ2v) is 4.19. The van der Waals surface area contributed by atoms with Gasteiger partial charge in [0.2, 0.25) is 0 Å². The lowest BCUT2D eigenvalue weighted by Gasteiger charge is -2.32. The molecule has 0 radical (unpaired) electrons. The quantitative estimate of drug-likeness (QED) is 0.598. The van der Waals surface area contributed by atoms with Crippen LogP contribution in [-0.4, -0.2) is 24.3 Å². The highest BCUT2D eigenvalue weighted by Crippen LogP contribution is 2.40. The van der Waals surface area contributed by atoms with Gasteiger partial charge in [-0.1, -0.05) is 48.0 Å². The van der Waals surface area contributed by atoms with Gasteiger partial charge in [-0.15, -0.1) is 0 Å². The molecule has 1 aromatic rings. The average molecular weight is 239 g/mol. The van der Waals surface area contributed by atoms with Crippen LogP contribution in [0.5, 0.6) is 0 Å². The third kappa shape index (κ3) is 1.44. The van der Waals surface area contributed by atoms with E-state index < -0.39 is 16.9 Å². The van der Waals surface area contributed by atoms with Crippen molar-refractivity contribution in [3.05, 3.63) is 41.5 Å². The first-order chi connectivity index (χ1) is 7.60. The summed E-state index contributed by atoms with van der Waals surface area (Å²) < 4.78 is 4.66. The number of ether oxygens (including phenoxy) is 1. The SMILES string of the molecule is COC(=O)[C@@]1(Cl)c2ccccc2C=C[C@H]1O. The summed E-state index contributed by atoms with van der Waals surface area (Å²) in [5, 5.41) is 9.86. The van der Waals surface area contributed by atoms with E-state index in [1.807, 2.05) is 12.1 Å². The van der Waals surface area contributed by atoms with E-state index in [1.54, 1.807) is 18.2 Å². The topological polar surface area (TPSA) is 46.5 Å². The van der Waals surface area contributed by atoms with Crippen molar-refractivity contribution in [3.8, 4) is 0 Å². The third-order valence-electron chi connectivity index (χ3n) is 2.70. The summed E-state index contributed by atoms with van der Waals surface area (Å²) in [4.78, 5) is 10.2. The van der Waals surface area contributed by atoms with E-state index in [0.717, 1.165) is 5.56 Å². The maximum absolute atomic E-state index is 11.7. The highest BCUT2D eigenvalue weighted by Gasteiger charge is 2.48. The van der Waals surface area contributed by atoms with Crippen LogP contribution in [0.25, 0.3) is 6.08 Å². The molecule has 84 valence electrons. The van der Waals surface area contributed by atoms with Crippen LogP contribution in [0.15, 0.2) is 30.3 Å². The van der Waals surface area contributed by atoms with Crippen LogP contribution in [0.2, 0.25) is 0 Å².